The zero-order valence-corrected chi connectivity index (χ0v) is 16.5. The normalized spacial score (nSPS) is 10.5. The molecule has 2 N–H and O–H groups in total. The van der Waals surface area contributed by atoms with Gasteiger partial charge in [0.1, 0.15) is 11.5 Å². The molecule has 2 aromatic carbocycles. The van der Waals surface area contributed by atoms with Gasteiger partial charge in [-0.1, -0.05) is 31.9 Å². The molecule has 0 aromatic heterocycles. The van der Waals surface area contributed by atoms with Crippen molar-refractivity contribution in [1.82, 2.24) is 0 Å². The van der Waals surface area contributed by atoms with Crippen LogP contribution in [0.25, 0.3) is 0 Å². The van der Waals surface area contributed by atoms with E-state index in [2.05, 4.69) is 42.7 Å². The van der Waals surface area contributed by atoms with E-state index in [1.807, 2.05) is 57.2 Å². The minimum Gasteiger partial charge on any atom is -0.494 e. The molecule has 0 saturated heterocycles. The molecule has 6 heteroatoms. The lowest BCUT2D eigenvalue weighted by Crippen LogP contribution is -2.10. The molecule has 0 atom stereocenters. The molecular weight excluding hydrogens is 424 g/mol. The lowest BCUT2D eigenvalue weighted by molar-refractivity contribution is 0.242. The smallest absolute Gasteiger partial charge is 0.122 e. The van der Waals surface area contributed by atoms with E-state index in [-0.39, 0.29) is 6.10 Å². The molecule has 0 fully saturated rings. The molecule has 0 aliphatic carbocycles. The Morgan fingerprint density at radius 3 is 1.91 bits per heavy atom. The molecule has 23 heavy (non-hydrogen) atoms. The predicted molar refractivity (Wildman–Crippen MR) is 102 cm³/mol. The zero-order chi connectivity index (χ0) is 16.8. The van der Waals surface area contributed by atoms with Gasteiger partial charge in [-0.05, 0) is 45.0 Å². The summed E-state index contributed by atoms with van der Waals surface area (Å²) < 4.78 is 13.2. The van der Waals surface area contributed by atoms with Crippen molar-refractivity contribution in [3.8, 4) is 11.5 Å². The number of anilines is 2. The van der Waals surface area contributed by atoms with Crippen molar-refractivity contribution in [2.45, 2.75) is 26.9 Å². The van der Waals surface area contributed by atoms with Crippen LogP contribution in [0.2, 0.25) is 0 Å². The van der Waals surface area contributed by atoms with Crippen molar-refractivity contribution < 1.29 is 9.47 Å². The number of rotatable bonds is 7. The summed E-state index contributed by atoms with van der Waals surface area (Å²) in [6.07, 6.45) is 0.129. The van der Waals surface area contributed by atoms with Crippen molar-refractivity contribution in [3.63, 3.8) is 0 Å². The molecule has 0 bridgehead atoms. The van der Waals surface area contributed by atoms with Gasteiger partial charge in [0.05, 0.1) is 24.1 Å². The molecule has 124 valence electrons. The fraction of sp³-hybridized carbons (Fsp3) is 0.294. The Kier molecular flexibility index (Phi) is 6.59. The molecule has 0 aliphatic rings. The second-order valence-electron chi connectivity index (χ2n) is 5.20. The summed E-state index contributed by atoms with van der Waals surface area (Å²) in [6.45, 7) is 6.60. The van der Waals surface area contributed by atoms with E-state index < -0.39 is 0 Å². The van der Waals surface area contributed by atoms with Crippen LogP contribution in [0.5, 0.6) is 11.5 Å². The van der Waals surface area contributed by atoms with E-state index in [9.17, 15) is 0 Å². The van der Waals surface area contributed by atoms with Crippen molar-refractivity contribution in [2.75, 3.05) is 17.5 Å². The van der Waals surface area contributed by atoms with Gasteiger partial charge in [-0.15, -0.1) is 0 Å². The molecule has 4 nitrogen and oxygen atoms in total. The third kappa shape index (κ3) is 5.95. The van der Waals surface area contributed by atoms with Gasteiger partial charge in [0.25, 0.3) is 0 Å². The average Bonchev–Trinajstić information content (AvgIpc) is 2.43. The minimum absolute atomic E-state index is 0.129. The minimum atomic E-state index is 0.129. The zero-order valence-electron chi connectivity index (χ0n) is 13.3. The van der Waals surface area contributed by atoms with Crippen LogP contribution in [-0.4, -0.2) is 12.7 Å². The summed E-state index contributed by atoms with van der Waals surface area (Å²) in [4.78, 5) is 0. The van der Waals surface area contributed by atoms with Crippen molar-refractivity contribution in [3.05, 3.63) is 45.3 Å². The topological polar surface area (TPSA) is 42.5 Å². The maximum atomic E-state index is 5.73. The van der Waals surface area contributed by atoms with Crippen LogP contribution in [0.1, 0.15) is 20.8 Å². The SMILES string of the molecule is CCOc1cc(Br)cc(NNc2cc(Br)cc(OC(C)C)c2)c1. The van der Waals surface area contributed by atoms with Crippen LogP contribution in [0.3, 0.4) is 0 Å². The highest BCUT2D eigenvalue weighted by atomic mass is 79.9. The van der Waals surface area contributed by atoms with Gasteiger partial charge in [0, 0.05) is 21.1 Å². The summed E-state index contributed by atoms with van der Waals surface area (Å²) in [6, 6.07) is 11.7. The quantitative estimate of drug-likeness (QED) is 0.527. The van der Waals surface area contributed by atoms with E-state index in [1.165, 1.54) is 0 Å². The van der Waals surface area contributed by atoms with Gasteiger partial charge in [0.15, 0.2) is 0 Å². The van der Waals surface area contributed by atoms with Crippen LogP contribution in [0, 0.1) is 0 Å². The number of hydrazine groups is 1. The largest absolute Gasteiger partial charge is 0.494 e. The number of benzene rings is 2. The number of hydrogen-bond acceptors (Lipinski definition) is 4. The lowest BCUT2D eigenvalue weighted by Gasteiger charge is -2.15. The number of nitrogens with one attached hydrogen (secondary N) is 2. The Morgan fingerprint density at radius 2 is 1.39 bits per heavy atom. The Labute approximate surface area is 153 Å². The molecule has 0 saturated carbocycles. The van der Waals surface area contributed by atoms with Gasteiger partial charge >= 0.3 is 0 Å². The second kappa shape index (κ2) is 8.45. The van der Waals surface area contributed by atoms with Gasteiger partial charge in [0.2, 0.25) is 0 Å². The number of ether oxygens (including phenoxy) is 2. The highest BCUT2D eigenvalue weighted by Crippen LogP contribution is 2.27. The van der Waals surface area contributed by atoms with Crippen molar-refractivity contribution >= 4 is 43.2 Å². The van der Waals surface area contributed by atoms with Gasteiger partial charge < -0.3 is 20.3 Å². The second-order valence-corrected chi connectivity index (χ2v) is 7.03. The fourth-order valence-corrected chi connectivity index (χ4v) is 2.95. The van der Waals surface area contributed by atoms with Crippen molar-refractivity contribution in [2.24, 2.45) is 0 Å². The van der Waals surface area contributed by atoms with E-state index in [4.69, 9.17) is 9.47 Å². The maximum absolute atomic E-state index is 5.73. The van der Waals surface area contributed by atoms with Gasteiger partial charge in [-0.25, -0.2) is 0 Å². The molecule has 0 amide bonds. The molecule has 2 rings (SSSR count). The summed E-state index contributed by atoms with van der Waals surface area (Å²) in [5.41, 5.74) is 8.14. The lowest BCUT2D eigenvalue weighted by atomic mass is 10.3. The summed E-state index contributed by atoms with van der Waals surface area (Å²) in [5.74, 6) is 1.62. The Morgan fingerprint density at radius 1 is 0.870 bits per heavy atom. The molecule has 0 aliphatic heterocycles. The molecule has 0 spiro atoms. The van der Waals surface area contributed by atoms with Crippen LogP contribution in [0.4, 0.5) is 11.4 Å². The Balaban J connectivity index is 2.10. The highest BCUT2D eigenvalue weighted by Gasteiger charge is 2.04. The molecule has 0 radical (unpaired) electrons. The van der Waals surface area contributed by atoms with Crippen LogP contribution < -0.4 is 20.3 Å². The first-order valence-electron chi connectivity index (χ1n) is 7.39. The first kappa shape index (κ1) is 17.9. The van der Waals surface area contributed by atoms with E-state index >= 15 is 0 Å². The summed E-state index contributed by atoms with van der Waals surface area (Å²) >= 11 is 6.98. The third-order valence-corrected chi connectivity index (χ3v) is 3.69. The van der Waals surface area contributed by atoms with E-state index in [0.29, 0.717) is 6.61 Å². The first-order chi connectivity index (χ1) is 11.0. The molecule has 0 heterocycles. The standard InChI is InChI=1S/C17H20Br2N2O2/c1-4-22-16-7-12(18)5-14(9-16)20-21-15-6-13(19)8-17(10-15)23-11(2)3/h5-11,20-21H,4H2,1-3H3. The maximum Gasteiger partial charge on any atom is 0.122 e. The number of halogens is 2. The molecule has 2 aromatic rings. The number of hydrogen-bond donors (Lipinski definition) is 2. The Bertz CT molecular complexity index is 663. The summed E-state index contributed by atoms with van der Waals surface area (Å²) in [7, 11) is 0. The fourth-order valence-electron chi connectivity index (χ4n) is 2.00. The Hall–Kier alpha value is -1.40. The summed E-state index contributed by atoms with van der Waals surface area (Å²) in [5, 5.41) is 0. The average molecular weight is 444 g/mol. The molecular formula is C17H20Br2N2O2. The predicted octanol–water partition coefficient (Wildman–Crippen LogP) is 5.84. The van der Waals surface area contributed by atoms with Gasteiger partial charge in [-0.2, -0.15) is 0 Å². The van der Waals surface area contributed by atoms with Crippen LogP contribution >= 0.6 is 31.9 Å². The first-order valence-corrected chi connectivity index (χ1v) is 8.97. The van der Waals surface area contributed by atoms with Crippen LogP contribution in [-0.2, 0) is 0 Å². The van der Waals surface area contributed by atoms with Crippen LogP contribution in [0.15, 0.2) is 45.3 Å². The molecule has 0 unspecified atom stereocenters. The van der Waals surface area contributed by atoms with Crippen molar-refractivity contribution in [1.29, 1.82) is 0 Å². The monoisotopic (exact) mass is 442 g/mol. The highest BCUT2D eigenvalue weighted by molar-refractivity contribution is 9.10. The van der Waals surface area contributed by atoms with E-state index in [1.54, 1.807) is 0 Å². The van der Waals surface area contributed by atoms with Gasteiger partial charge in [-0.3, -0.25) is 0 Å². The van der Waals surface area contributed by atoms with E-state index in [0.717, 1.165) is 31.8 Å². The third-order valence-electron chi connectivity index (χ3n) is 2.78.